The Morgan fingerprint density at radius 3 is 2.32 bits per heavy atom. The summed E-state index contributed by atoms with van der Waals surface area (Å²) in [7, 11) is -3.86. The molecule has 28 heavy (non-hydrogen) atoms. The third-order valence-electron chi connectivity index (χ3n) is 4.14. The quantitative estimate of drug-likeness (QED) is 0.656. The molecular formula is C21H19FN2O3S. The lowest BCUT2D eigenvalue weighted by molar-refractivity contribution is -0.115. The van der Waals surface area contributed by atoms with Crippen molar-refractivity contribution in [2.45, 2.75) is 18.2 Å². The predicted molar refractivity (Wildman–Crippen MR) is 107 cm³/mol. The summed E-state index contributed by atoms with van der Waals surface area (Å²) in [6.07, 6.45) is 0.230. The molecule has 3 rings (SSSR count). The monoisotopic (exact) mass is 398 g/mol. The van der Waals surface area contributed by atoms with Crippen LogP contribution < -0.4 is 10.0 Å². The Morgan fingerprint density at radius 2 is 1.64 bits per heavy atom. The normalized spacial score (nSPS) is 11.1. The first-order valence-corrected chi connectivity index (χ1v) is 10.0. The van der Waals surface area contributed by atoms with Gasteiger partial charge < -0.3 is 5.32 Å². The minimum absolute atomic E-state index is 0.00802. The van der Waals surface area contributed by atoms with Crippen molar-refractivity contribution in [3.05, 3.63) is 89.7 Å². The van der Waals surface area contributed by atoms with Crippen molar-refractivity contribution in [1.29, 1.82) is 0 Å². The summed E-state index contributed by atoms with van der Waals surface area (Å²) < 4.78 is 40.4. The number of carbonyl (C=O) groups excluding carboxylic acids is 1. The Balaban J connectivity index is 1.67. The van der Waals surface area contributed by atoms with E-state index in [0.717, 1.165) is 17.2 Å². The molecule has 0 bridgehead atoms. The molecule has 0 unspecified atom stereocenters. The van der Waals surface area contributed by atoms with Gasteiger partial charge in [0.15, 0.2) is 0 Å². The fourth-order valence-electron chi connectivity index (χ4n) is 2.67. The first kappa shape index (κ1) is 19.6. The molecule has 0 radical (unpaired) electrons. The van der Waals surface area contributed by atoms with E-state index in [9.17, 15) is 17.6 Å². The fourth-order valence-corrected chi connectivity index (χ4v) is 3.72. The first-order valence-electron chi connectivity index (χ1n) is 8.56. The minimum atomic E-state index is -3.86. The van der Waals surface area contributed by atoms with Crippen LogP contribution in [0.4, 0.5) is 15.8 Å². The van der Waals surface area contributed by atoms with E-state index in [-0.39, 0.29) is 22.9 Å². The van der Waals surface area contributed by atoms with Crippen molar-refractivity contribution in [3.8, 4) is 0 Å². The van der Waals surface area contributed by atoms with Crippen molar-refractivity contribution in [3.63, 3.8) is 0 Å². The van der Waals surface area contributed by atoms with E-state index in [2.05, 4.69) is 10.0 Å². The summed E-state index contributed by atoms with van der Waals surface area (Å²) >= 11 is 0. The predicted octanol–water partition coefficient (Wildman–Crippen LogP) is 4.12. The smallest absolute Gasteiger partial charge is 0.261 e. The van der Waals surface area contributed by atoms with Crippen LogP contribution in [-0.4, -0.2) is 14.3 Å². The molecule has 0 aromatic heterocycles. The van der Waals surface area contributed by atoms with Gasteiger partial charge in [0.1, 0.15) is 5.82 Å². The molecule has 1 amide bonds. The lowest BCUT2D eigenvalue weighted by Crippen LogP contribution is -2.16. The molecule has 0 saturated heterocycles. The molecule has 0 fully saturated rings. The molecule has 5 nitrogen and oxygen atoms in total. The third-order valence-corrected chi connectivity index (χ3v) is 5.53. The number of aryl methyl sites for hydroxylation is 1. The number of benzene rings is 3. The molecular weight excluding hydrogens is 379 g/mol. The number of carbonyl (C=O) groups is 1. The number of hydrogen-bond donors (Lipinski definition) is 2. The van der Waals surface area contributed by atoms with Crippen LogP contribution >= 0.6 is 0 Å². The van der Waals surface area contributed by atoms with Crippen molar-refractivity contribution in [2.75, 3.05) is 10.0 Å². The van der Waals surface area contributed by atoms with Crippen LogP contribution in [0.5, 0.6) is 0 Å². The van der Waals surface area contributed by atoms with Crippen LogP contribution in [0, 0.1) is 12.7 Å². The maximum Gasteiger partial charge on any atom is 0.261 e. The number of amides is 1. The third kappa shape index (κ3) is 4.95. The summed E-state index contributed by atoms with van der Waals surface area (Å²) in [5, 5.41) is 2.75. The zero-order valence-electron chi connectivity index (χ0n) is 15.1. The molecule has 0 saturated carbocycles. The van der Waals surface area contributed by atoms with Gasteiger partial charge in [0.2, 0.25) is 5.91 Å². The number of anilines is 2. The summed E-state index contributed by atoms with van der Waals surface area (Å²) in [6.45, 7) is 1.94. The minimum Gasteiger partial charge on any atom is -0.326 e. The van der Waals surface area contributed by atoms with E-state index in [1.165, 1.54) is 42.5 Å². The van der Waals surface area contributed by atoms with Gasteiger partial charge in [-0.15, -0.1) is 0 Å². The molecule has 3 aromatic carbocycles. The molecule has 7 heteroatoms. The second kappa shape index (κ2) is 8.22. The van der Waals surface area contributed by atoms with Gasteiger partial charge in [-0.05, 0) is 60.5 Å². The van der Waals surface area contributed by atoms with Crippen molar-refractivity contribution in [2.24, 2.45) is 0 Å². The van der Waals surface area contributed by atoms with Gasteiger partial charge in [0.05, 0.1) is 17.0 Å². The van der Waals surface area contributed by atoms with Crippen molar-refractivity contribution in [1.82, 2.24) is 0 Å². The van der Waals surface area contributed by atoms with Crippen LogP contribution in [0.25, 0.3) is 0 Å². The molecule has 0 aliphatic heterocycles. The van der Waals surface area contributed by atoms with Gasteiger partial charge in [0, 0.05) is 5.69 Å². The van der Waals surface area contributed by atoms with Crippen molar-refractivity contribution >= 4 is 27.3 Å². The number of nitrogens with one attached hydrogen (secondary N) is 2. The van der Waals surface area contributed by atoms with Gasteiger partial charge in [-0.25, -0.2) is 12.8 Å². The SMILES string of the molecule is Cc1ccccc1CC(=O)Nc1ccc(S(=O)(=O)Nc2cccc(F)c2)cc1. The lowest BCUT2D eigenvalue weighted by atomic mass is 10.1. The number of sulfonamides is 1. The Morgan fingerprint density at radius 1 is 0.929 bits per heavy atom. The van der Waals surface area contributed by atoms with E-state index in [4.69, 9.17) is 0 Å². The summed E-state index contributed by atoms with van der Waals surface area (Å²) in [5.41, 5.74) is 2.58. The van der Waals surface area contributed by atoms with Crippen LogP contribution in [0.15, 0.2) is 77.7 Å². The zero-order chi connectivity index (χ0) is 20.1. The van der Waals surface area contributed by atoms with Crippen LogP contribution in [0.3, 0.4) is 0 Å². The second-order valence-electron chi connectivity index (χ2n) is 6.29. The molecule has 0 heterocycles. The average molecular weight is 398 g/mol. The molecule has 0 aliphatic rings. The molecule has 144 valence electrons. The van der Waals surface area contributed by atoms with Crippen LogP contribution in [0.1, 0.15) is 11.1 Å². The number of rotatable bonds is 6. The van der Waals surface area contributed by atoms with Gasteiger partial charge in [-0.1, -0.05) is 30.3 Å². The Labute approximate surface area is 163 Å². The second-order valence-corrected chi connectivity index (χ2v) is 7.97. The summed E-state index contributed by atoms with van der Waals surface area (Å²) in [4.78, 5) is 12.2. The number of hydrogen-bond acceptors (Lipinski definition) is 3. The lowest BCUT2D eigenvalue weighted by Gasteiger charge is -2.10. The van der Waals surface area contributed by atoms with E-state index in [1.54, 1.807) is 0 Å². The van der Waals surface area contributed by atoms with E-state index >= 15 is 0 Å². The molecule has 0 spiro atoms. The largest absolute Gasteiger partial charge is 0.326 e. The van der Waals surface area contributed by atoms with Crippen molar-refractivity contribution < 1.29 is 17.6 Å². The highest BCUT2D eigenvalue weighted by Crippen LogP contribution is 2.19. The van der Waals surface area contributed by atoms with Crippen LogP contribution in [0.2, 0.25) is 0 Å². The highest BCUT2D eigenvalue weighted by Gasteiger charge is 2.15. The molecule has 3 aromatic rings. The molecule has 0 aliphatic carbocycles. The van der Waals surface area contributed by atoms with E-state index in [0.29, 0.717) is 5.69 Å². The van der Waals surface area contributed by atoms with E-state index in [1.807, 2.05) is 31.2 Å². The Bertz CT molecular complexity index is 1100. The summed E-state index contributed by atoms with van der Waals surface area (Å²) in [5.74, 6) is -0.727. The highest BCUT2D eigenvalue weighted by molar-refractivity contribution is 7.92. The van der Waals surface area contributed by atoms with Crippen LogP contribution in [-0.2, 0) is 21.2 Å². The maximum atomic E-state index is 13.2. The first-order chi connectivity index (χ1) is 13.3. The standard InChI is InChI=1S/C21H19FN2O3S/c1-15-5-2-3-6-16(15)13-21(25)23-18-9-11-20(12-10-18)28(26,27)24-19-8-4-7-17(22)14-19/h2-12,14,24H,13H2,1H3,(H,23,25). The average Bonchev–Trinajstić information content (AvgIpc) is 2.64. The Hall–Kier alpha value is -3.19. The van der Waals surface area contributed by atoms with E-state index < -0.39 is 15.8 Å². The summed E-state index contributed by atoms with van der Waals surface area (Å²) in [6, 6.07) is 18.6. The topological polar surface area (TPSA) is 75.3 Å². The van der Waals surface area contributed by atoms with Gasteiger partial charge >= 0.3 is 0 Å². The Kier molecular flexibility index (Phi) is 5.75. The molecule has 2 N–H and O–H groups in total. The maximum absolute atomic E-state index is 13.2. The number of halogens is 1. The highest BCUT2D eigenvalue weighted by atomic mass is 32.2. The van der Waals surface area contributed by atoms with Gasteiger partial charge in [0.25, 0.3) is 10.0 Å². The molecule has 0 atom stereocenters. The fraction of sp³-hybridized carbons (Fsp3) is 0.0952. The van der Waals surface area contributed by atoms with Gasteiger partial charge in [-0.2, -0.15) is 0 Å². The zero-order valence-corrected chi connectivity index (χ0v) is 16.0. The van der Waals surface area contributed by atoms with Gasteiger partial charge in [-0.3, -0.25) is 9.52 Å².